The molecule has 3 N–H and O–H groups in total. The maximum absolute atomic E-state index is 13.4. The fraction of sp³-hybridized carbons (Fsp3) is 0.564. The molecule has 11 heteroatoms. The number of anilines is 1. The summed E-state index contributed by atoms with van der Waals surface area (Å²) in [5.74, 6) is -1.10. The molecule has 1 unspecified atom stereocenters. The molecule has 4 aliphatic heterocycles. The number of hydrogen-bond donors (Lipinski definition) is 2. The first kappa shape index (κ1) is 34.4. The first-order chi connectivity index (χ1) is 24.2. The number of piperidine rings is 1. The molecule has 0 radical (unpaired) electrons. The van der Waals surface area contributed by atoms with E-state index in [1.54, 1.807) is 6.92 Å². The quantitative estimate of drug-likeness (QED) is 0.322. The zero-order chi connectivity index (χ0) is 34.9. The zero-order valence-electron chi connectivity index (χ0n) is 29.2. The van der Waals surface area contributed by atoms with Gasteiger partial charge in [-0.3, -0.25) is 38.7 Å². The summed E-state index contributed by atoms with van der Waals surface area (Å²) in [5, 5.41) is 3.22. The van der Waals surface area contributed by atoms with E-state index in [0.717, 1.165) is 93.1 Å². The second kappa shape index (κ2) is 14.6. The third-order valence-corrected chi connectivity index (χ3v) is 11.6. The van der Waals surface area contributed by atoms with E-state index in [0.29, 0.717) is 29.1 Å². The highest BCUT2D eigenvalue weighted by Crippen LogP contribution is 2.35. The SMILES string of the molecule is CCC(=O)C(CCC(N)=O)N1C(=O)c2cc3c(cc2C1=O)CN(CC1CN(C2CCN(c4ccc(C(=O)NC5CCCCC5)cc4)CC2)C1)C3. The van der Waals surface area contributed by atoms with E-state index in [1.165, 1.54) is 24.9 Å². The third-order valence-electron chi connectivity index (χ3n) is 11.6. The highest BCUT2D eigenvalue weighted by atomic mass is 16.2. The van der Waals surface area contributed by atoms with Crippen LogP contribution in [0.3, 0.4) is 0 Å². The minimum absolute atomic E-state index is 0.0435. The van der Waals surface area contributed by atoms with Gasteiger partial charge in [-0.05, 0) is 85.5 Å². The van der Waals surface area contributed by atoms with Crippen LogP contribution >= 0.6 is 0 Å². The second-order valence-corrected chi connectivity index (χ2v) is 15.1. The Morgan fingerprint density at radius 1 is 0.880 bits per heavy atom. The van der Waals surface area contributed by atoms with Crippen molar-refractivity contribution >= 4 is 35.1 Å². The number of rotatable bonds is 12. The Kier molecular flexibility index (Phi) is 10.1. The number of carbonyl (C=O) groups excluding carboxylic acids is 5. The van der Waals surface area contributed by atoms with Gasteiger partial charge in [0.2, 0.25) is 5.91 Å². The lowest BCUT2D eigenvalue weighted by Gasteiger charge is -2.48. The summed E-state index contributed by atoms with van der Waals surface area (Å²) in [7, 11) is 0. The number of amides is 4. The van der Waals surface area contributed by atoms with Gasteiger partial charge in [-0.2, -0.15) is 0 Å². The second-order valence-electron chi connectivity index (χ2n) is 15.1. The van der Waals surface area contributed by atoms with Crippen LogP contribution in [0.2, 0.25) is 0 Å². The number of ketones is 1. The van der Waals surface area contributed by atoms with Gasteiger partial charge in [0.15, 0.2) is 5.78 Å². The maximum atomic E-state index is 13.4. The lowest BCUT2D eigenvalue weighted by atomic mass is 9.92. The summed E-state index contributed by atoms with van der Waals surface area (Å²) in [6, 6.07) is 11.7. The monoisotopic (exact) mass is 682 g/mol. The van der Waals surface area contributed by atoms with E-state index in [2.05, 4.69) is 32.1 Å². The predicted octanol–water partition coefficient (Wildman–Crippen LogP) is 3.87. The number of hydrogen-bond acceptors (Lipinski definition) is 8. The van der Waals surface area contributed by atoms with Crippen LogP contribution in [0.25, 0.3) is 0 Å². The van der Waals surface area contributed by atoms with Crippen LogP contribution < -0.4 is 16.0 Å². The molecule has 50 heavy (non-hydrogen) atoms. The van der Waals surface area contributed by atoms with Crippen LogP contribution in [0.1, 0.15) is 113 Å². The Bertz CT molecular complexity index is 1590. The summed E-state index contributed by atoms with van der Waals surface area (Å²) in [6.45, 7) is 8.33. The molecule has 4 amide bonds. The average Bonchev–Trinajstić information content (AvgIpc) is 3.62. The van der Waals surface area contributed by atoms with Gasteiger partial charge >= 0.3 is 0 Å². The molecular weight excluding hydrogens is 632 g/mol. The molecule has 4 heterocycles. The molecule has 1 atom stereocenters. The standard InChI is InChI=1S/C39H50N6O5/c1-2-35(46)34(12-13-36(40)47)45-38(49)32-18-27-23-42(24-28(27)19-33(32)39(45)50)20-25-21-44(22-25)31-14-16-43(17-15-31)30-10-8-26(9-11-30)37(48)41-29-6-4-3-5-7-29/h8-11,18-19,25,29,31,34H,2-7,12-17,20-24H2,1H3,(H2,40,47)(H,41,48). The van der Waals surface area contributed by atoms with Crippen molar-refractivity contribution in [3.05, 3.63) is 64.2 Å². The molecule has 266 valence electrons. The van der Waals surface area contributed by atoms with Crippen LogP contribution in [-0.4, -0.2) is 95.0 Å². The number of fused-ring (bicyclic) bond motifs is 2. The van der Waals surface area contributed by atoms with Crippen molar-refractivity contribution in [3.8, 4) is 0 Å². The Labute approximate surface area is 294 Å². The Morgan fingerprint density at radius 3 is 2.08 bits per heavy atom. The maximum Gasteiger partial charge on any atom is 0.262 e. The van der Waals surface area contributed by atoms with Crippen molar-refractivity contribution in [3.63, 3.8) is 0 Å². The first-order valence-corrected chi connectivity index (χ1v) is 18.7. The number of Topliss-reactive ketones (excluding diaryl/α,β-unsaturated/α-hetero) is 1. The van der Waals surface area contributed by atoms with Crippen molar-refractivity contribution in [2.24, 2.45) is 11.7 Å². The summed E-state index contributed by atoms with van der Waals surface area (Å²) in [6.07, 6.45) is 8.26. The molecule has 0 aromatic heterocycles. The van der Waals surface area contributed by atoms with Crippen molar-refractivity contribution in [1.82, 2.24) is 20.0 Å². The Morgan fingerprint density at radius 2 is 1.50 bits per heavy atom. The van der Waals surface area contributed by atoms with Gasteiger partial charge in [-0.15, -0.1) is 0 Å². The van der Waals surface area contributed by atoms with Crippen LogP contribution in [0.5, 0.6) is 0 Å². The van der Waals surface area contributed by atoms with Gasteiger partial charge in [0.05, 0.1) is 17.2 Å². The van der Waals surface area contributed by atoms with E-state index in [-0.39, 0.29) is 31.0 Å². The summed E-state index contributed by atoms with van der Waals surface area (Å²) >= 11 is 0. The number of nitrogens with one attached hydrogen (secondary N) is 1. The highest BCUT2D eigenvalue weighted by molar-refractivity contribution is 6.23. The minimum Gasteiger partial charge on any atom is -0.371 e. The molecule has 7 rings (SSSR count). The molecule has 0 bridgehead atoms. The van der Waals surface area contributed by atoms with Crippen LogP contribution in [-0.2, 0) is 22.7 Å². The minimum atomic E-state index is -0.975. The van der Waals surface area contributed by atoms with Crippen molar-refractivity contribution in [2.45, 2.75) is 102 Å². The van der Waals surface area contributed by atoms with E-state index >= 15 is 0 Å². The molecule has 2 saturated heterocycles. The molecule has 2 aromatic rings. The number of carbonyl (C=O) groups is 5. The number of benzene rings is 2. The molecule has 11 nitrogen and oxygen atoms in total. The van der Waals surface area contributed by atoms with Gasteiger partial charge in [0, 0.05) is 82.0 Å². The number of nitrogens with zero attached hydrogens (tertiary/aromatic N) is 4. The molecule has 0 spiro atoms. The number of nitrogens with two attached hydrogens (primary N) is 1. The fourth-order valence-electron chi connectivity index (χ4n) is 8.81. The van der Waals surface area contributed by atoms with E-state index in [1.807, 2.05) is 24.3 Å². The largest absolute Gasteiger partial charge is 0.371 e. The molecule has 1 saturated carbocycles. The van der Waals surface area contributed by atoms with E-state index in [4.69, 9.17) is 5.73 Å². The predicted molar refractivity (Wildman–Crippen MR) is 190 cm³/mol. The third kappa shape index (κ3) is 7.07. The first-order valence-electron chi connectivity index (χ1n) is 18.7. The number of primary amides is 1. The molecule has 3 fully saturated rings. The summed E-state index contributed by atoms with van der Waals surface area (Å²) in [4.78, 5) is 72.2. The van der Waals surface area contributed by atoms with Gasteiger partial charge in [0.1, 0.15) is 0 Å². The molecule has 2 aromatic carbocycles. The smallest absolute Gasteiger partial charge is 0.262 e. The molecule has 1 aliphatic carbocycles. The van der Waals surface area contributed by atoms with Crippen molar-refractivity contribution in [2.75, 3.05) is 37.6 Å². The summed E-state index contributed by atoms with van der Waals surface area (Å²) < 4.78 is 0. The Hall–Kier alpha value is -4.09. The van der Waals surface area contributed by atoms with Gasteiger partial charge in [-0.1, -0.05) is 26.2 Å². The van der Waals surface area contributed by atoms with E-state index < -0.39 is 23.8 Å². The van der Waals surface area contributed by atoms with Crippen molar-refractivity contribution in [1.29, 1.82) is 0 Å². The number of imide groups is 1. The average molecular weight is 683 g/mol. The fourth-order valence-corrected chi connectivity index (χ4v) is 8.81. The van der Waals surface area contributed by atoms with Gasteiger partial charge in [0.25, 0.3) is 17.7 Å². The highest BCUT2D eigenvalue weighted by Gasteiger charge is 2.44. The Balaban J connectivity index is 0.864. The topological polar surface area (TPSA) is 136 Å². The van der Waals surface area contributed by atoms with Crippen LogP contribution in [0.15, 0.2) is 36.4 Å². The van der Waals surface area contributed by atoms with Crippen LogP contribution in [0.4, 0.5) is 5.69 Å². The van der Waals surface area contributed by atoms with Gasteiger partial charge < -0.3 is 16.0 Å². The van der Waals surface area contributed by atoms with E-state index in [9.17, 15) is 24.0 Å². The zero-order valence-corrected chi connectivity index (χ0v) is 29.2. The van der Waals surface area contributed by atoms with Gasteiger partial charge in [-0.25, -0.2) is 0 Å². The molecular formula is C39H50N6O5. The van der Waals surface area contributed by atoms with Crippen molar-refractivity contribution < 1.29 is 24.0 Å². The lowest BCUT2D eigenvalue weighted by Crippen LogP contribution is -2.57. The van der Waals surface area contributed by atoms with Crippen LogP contribution in [0, 0.1) is 5.92 Å². The number of likely N-dealkylation sites (tertiary alicyclic amines) is 1. The lowest BCUT2D eigenvalue weighted by molar-refractivity contribution is -0.123. The normalized spacial score (nSPS) is 21.2. The summed E-state index contributed by atoms with van der Waals surface area (Å²) in [5.41, 5.74) is 10.0. The molecule has 5 aliphatic rings.